The zero-order chi connectivity index (χ0) is 13.0. The van der Waals surface area contributed by atoms with Gasteiger partial charge in [0, 0.05) is 31.7 Å². The molecule has 0 radical (unpaired) electrons. The fraction of sp³-hybridized carbons (Fsp3) is 0.643. The number of rotatable bonds is 0. The van der Waals surface area contributed by atoms with Crippen molar-refractivity contribution < 1.29 is 1.43 Å². The molecule has 3 nitrogen and oxygen atoms in total. The van der Waals surface area contributed by atoms with Gasteiger partial charge in [-0.2, -0.15) is 0 Å². The van der Waals surface area contributed by atoms with E-state index in [1.807, 2.05) is 0 Å². The molecule has 0 unspecified atom stereocenters. The number of likely N-dealkylation sites (N-methyl/N-ethyl adjacent to an activating group) is 1. The van der Waals surface area contributed by atoms with Crippen LogP contribution >= 0.6 is 0 Å². The van der Waals surface area contributed by atoms with Crippen LogP contribution in [-0.2, 0) is 10.8 Å². The van der Waals surface area contributed by atoms with Crippen LogP contribution in [0.5, 0.6) is 0 Å². The lowest BCUT2D eigenvalue weighted by Crippen LogP contribution is -2.28. The van der Waals surface area contributed by atoms with Gasteiger partial charge in [0.05, 0.1) is 5.69 Å². The summed E-state index contributed by atoms with van der Waals surface area (Å²) in [5, 5.41) is 0. The Morgan fingerprint density at radius 2 is 2.00 bits per heavy atom. The first-order chi connectivity index (χ1) is 7.63. The molecule has 0 spiro atoms. The lowest BCUT2D eigenvalue weighted by atomic mass is 9.86. The standard InChI is InChI=1S/C14H22N2O.H2/c1-13(2,3)9-7-10-11(15-12(9)17)14(4,5)8-16(10)6;/h7H,8H2,1-6H3,(H,15,17);1H. The molecule has 0 amide bonds. The summed E-state index contributed by atoms with van der Waals surface area (Å²) in [5.74, 6) is 0. The third kappa shape index (κ3) is 1.88. The molecule has 3 heteroatoms. The van der Waals surface area contributed by atoms with Crippen LogP contribution in [0.2, 0.25) is 0 Å². The number of nitrogens with one attached hydrogen (secondary N) is 1. The van der Waals surface area contributed by atoms with Gasteiger partial charge in [-0.05, 0) is 11.5 Å². The van der Waals surface area contributed by atoms with Crippen LogP contribution in [0.1, 0.15) is 47.3 Å². The molecule has 0 aliphatic carbocycles. The number of fused-ring (bicyclic) bond motifs is 1. The van der Waals surface area contributed by atoms with Crippen molar-refractivity contribution in [1.82, 2.24) is 4.98 Å². The summed E-state index contributed by atoms with van der Waals surface area (Å²) in [6.45, 7) is 11.5. The van der Waals surface area contributed by atoms with Crippen LogP contribution in [0.3, 0.4) is 0 Å². The van der Waals surface area contributed by atoms with Gasteiger partial charge in [-0.25, -0.2) is 0 Å². The number of aromatic nitrogens is 1. The highest BCUT2D eigenvalue weighted by molar-refractivity contribution is 5.60. The molecule has 1 aromatic rings. The van der Waals surface area contributed by atoms with E-state index in [-0.39, 0.29) is 17.8 Å². The fourth-order valence-electron chi connectivity index (χ4n) is 2.65. The van der Waals surface area contributed by atoms with Crippen molar-refractivity contribution in [2.45, 2.75) is 45.4 Å². The van der Waals surface area contributed by atoms with Crippen molar-refractivity contribution in [3.8, 4) is 0 Å². The number of H-pyrrole nitrogens is 1. The second kappa shape index (κ2) is 3.37. The SMILES string of the molecule is CN1CC(C)(C)c2[nH]c(=O)c(C(C)(C)C)cc21.[HH]. The summed E-state index contributed by atoms with van der Waals surface area (Å²) in [6.07, 6.45) is 0. The van der Waals surface area contributed by atoms with Crippen molar-refractivity contribution in [2.24, 2.45) is 0 Å². The molecule has 1 N–H and O–H groups in total. The molecule has 96 valence electrons. The smallest absolute Gasteiger partial charge is 0.252 e. The Kier molecular flexibility index (Phi) is 2.42. The van der Waals surface area contributed by atoms with E-state index < -0.39 is 0 Å². The quantitative estimate of drug-likeness (QED) is 0.751. The van der Waals surface area contributed by atoms with Gasteiger partial charge in [0.2, 0.25) is 0 Å². The van der Waals surface area contributed by atoms with Gasteiger partial charge in [-0.15, -0.1) is 0 Å². The molecular weight excluding hydrogens is 212 g/mol. The van der Waals surface area contributed by atoms with Crippen molar-refractivity contribution in [3.63, 3.8) is 0 Å². The topological polar surface area (TPSA) is 36.1 Å². The normalized spacial score (nSPS) is 18.4. The Morgan fingerprint density at radius 3 is 2.53 bits per heavy atom. The maximum atomic E-state index is 12.1. The number of anilines is 1. The van der Waals surface area contributed by atoms with E-state index in [1.165, 1.54) is 5.69 Å². The Bertz CT molecular complexity index is 512. The van der Waals surface area contributed by atoms with Crippen molar-refractivity contribution >= 4 is 5.69 Å². The number of aromatic amines is 1. The molecule has 0 saturated heterocycles. The minimum atomic E-state index is -0.115. The number of hydrogen-bond acceptors (Lipinski definition) is 2. The Balaban J connectivity index is 0.00000162. The molecular formula is C14H24N2O. The lowest BCUT2D eigenvalue weighted by molar-refractivity contribution is 0.543. The summed E-state index contributed by atoms with van der Waals surface area (Å²) >= 11 is 0. The summed E-state index contributed by atoms with van der Waals surface area (Å²) in [5.41, 5.74) is 3.06. The van der Waals surface area contributed by atoms with Crippen molar-refractivity contribution in [3.05, 3.63) is 27.7 Å². The first kappa shape index (κ1) is 12.2. The number of hydrogen-bond donors (Lipinski definition) is 1. The summed E-state index contributed by atoms with van der Waals surface area (Å²) in [6, 6.07) is 2.06. The molecule has 2 heterocycles. The first-order valence-electron chi connectivity index (χ1n) is 6.12. The molecule has 2 rings (SSSR count). The maximum absolute atomic E-state index is 12.1. The monoisotopic (exact) mass is 236 g/mol. The predicted octanol–water partition coefficient (Wildman–Crippen LogP) is 2.65. The zero-order valence-corrected chi connectivity index (χ0v) is 11.6. The largest absolute Gasteiger partial charge is 0.372 e. The number of nitrogens with zero attached hydrogens (tertiary/aromatic N) is 1. The van der Waals surface area contributed by atoms with Crippen LogP contribution in [0, 0.1) is 0 Å². The summed E-state index contributed by atoms with van der Waals surface area (Å²) < 4.78 is 0. The highest BCUT2D eigenvalue weighted by Crippen LogP contribution is 2.38. The van der Waals surface area contributed by atoms with E-state index in [0.29, 0.717) is 0 Å². The Labute approximate surface area is 104 Å². The second-order valence-electron chi connectivity index (χ2n) is 6.76. The molecule has 0 aromatic carbocycles. The molecule has 17 heavy (non-hydrogen) atoms. The third-order valence-corrected chi connectivity index (χ3v) is 3.55. The molecule has 1 aliphatic rings. The van der Waals surface area contributed by atoms with E-state index in [0.717, 1.165) is 17.8 Å². The highest BCUT2D eigenvalue weighted by atomic mass is 16.1. The van der Waals surface area contributed by atoms with E-state index >= 15 is 0 Å². The van der Waals surface area contributed by atoms with Crippen LogP contribution in [0.25, 0.3) is 0 Å². The van der Waals surface area contributed by atoms with Gasteiger partial charge in [0.1, 0.15) is 0 Å². The van der Waals surface area contributed by atoms with Crippen LogP contribution in [-0.4, -0.2) is 18.6 Å². The molecule has 0 fully saturated rings. The third-order valence-electron chi connectivity index (χ3n) is 3.55. The lowest BCUT2D eigenvalue weighted by Gasteiger charge is -2.21. The Morgan fingerprint density at radius 1 is 1.41 bits per heavy atom. The van der Waals surface area contributed by atoms with E-state index in [1.54, 1.807) is 0 Å². The molecule has 0 bridgehead atoms. The molecule has 0 atom stereocenters. The average Bonchev–Trinajstić information content (AvgIpc) is 2.34. The minimum absolute atomic E-state index is 0. The molecule has 0 saturated carbocycles. The van der Waals surface area contributed by atoms with Gasteiger partial charge in [0.25, 0.3) is 5.56 Å². The van der Waals surface area contributed by atoms with Crippen LogP contribution < -0.4 is 10.5 Å². The van der Waals surface area contributed by atoms with E-state index in [2.05, 4.69) is 57.6 Å². The van der Waals surface area contributed by atoms with E-state index in [4.69, 9.17) is 0 Å². The summed E-state index contributed by atoms with van der Waals surface area (Å²) in [4.78, 5) is 17.5. The second-order valence-corrected chi connectivity index (χ2v) is 6.76. The molecule has 1 aromatic heterocycles. The zero-order valence-electron chi connectivity index (χ0n) is 11.6. The van der Waals surface area contributed by atoms with Gasteiger partial charge >= 0.3 is 0 Å². The minimum Gasteiger partial charge on any atom is -0.372 e. The van der Waals surface area contributed by atoms with Crippen molar-refractivity contribution in [2.75, 3.05) is 18.5 Å². The van der Waals surface area contributed by atoms with Gasteiger partial charge in [0.15, 0.2) is 0 Å². The summed E-state index contributed by atoms with van der Waals surface area (Å²) in [7, 11) is 2.08. The van der Waals surface area contributed by atoms with Crippen LogP contribution in [0.4, 0.5) is 5.69 Å². The first-order valence-corrected chi connectivity index (χ1v) is 6.12. The Hall–Kier alpha value is -1.25. The average molecular weight is 236 g/mol. The van der Waals surface area contributed by atoms with Gasteiger partial charge in [-0.3, -0.25) is 4.79 Å². The van der Waals surface area contributed by atoms with Crippen LogP contribution in [0.15, 0.2) is 10.9 Å². The highest BCUT2D eigenvalue weighted by Gasteiger charge is 2.35. The van der Waals surface area contributed by atoms with E-state index in [9.17, 15) is 4.79 Å². The van der Waals surface area contributed by atoms with Crippen molar-refractivity contribution in [1.29, 1.82) is 0 Å². The number of pyridine rings is 1. The predicted molar refractivity (Wildman–Crippen MR) is 74.2 cm³/mol. The fourth-order valence-corrected chi connectivity index (χ4v) is 2.65. The van der Waals surface area contributed by atoms with Gasteiger partial charge < -0.3 is 9.88 Å². The maximum Gasteiger partial charge on any atom is 0.252 e. The van der Waals surface area contributed by atoms with Gasteiger partial charge in [-0.1, -0.05) is 34.6 Å². The molecule has 1 aliphatic heterocycles.